The van der Waals surface area contributed by atoms with Crippen LogP contribution in [0.5, 0.6) is 0 Å². The first-order valence-electron chi connectivity index (χ1n) is 6.77. The van der Waals surface area contributed by atoms with Gasteiger partial charge in [0.05, 0.1) is 0 Å². The van der Waals surface area contributed by atoms with Crippen molar-refractivity contribution in [1.29, 1.82) is 0 Å². The number of halogens is 1. The zero-order chi connectivity index (χ0) is 13.1. The highest BCUT2D eigenvalue weighted by molar-refractivity contribution is 6.31. The minimum absolute atomic E-state index is 0.294. The third-order valence-electron chi connectivity index (χ3n) is 4.06. The summed E-state index contributed by atoms with van der Waals surface area (Å²) in [5.74, 6) is 0.508. The van der Waals surface area contributed by atoms with E-state index in [9.17, 15) is 0 Å². The average Bonchev–Trinajstić information content (AvgIpc) is 2.34. The summed E-state index contributed by atoms with van der Waals surface area (Å²) in [5, 5.41) is 0.856. The molecule has 0 aromatic heterocycles. The van der Waals surface area contributed by atoms with E-state index in [4.69, 9.17) is 17.3 Å². The minimum atomic E-state index is 0.294. The van der Waals surface area contributed by atoms with E-state index in [1.165, 1.54) is 24.8 Å². The second-order valence-corrected chi connectivity index (χ2v) is 5.95. The molecule has 0 aliphatic heterocycles. The number of rotatable bonds is 3. The summed E-state index contributed by atoms with van der Waals surface area (Å²) in [6.07, 6.45) is 4.89. The van der Waals surface area contributed by atoms with Gasteiger partial charge in [0.25, 0.3) is 0 Å². The van der Waals surface area contributed by atoms with Crippen LogP contribution in [0.1, 0.15) is 37.3 Å². The first kappa shape index (κ1) is 13.9. The molecule has 3 atom stereocenters. The van der Waals surface area contributed by atoms with E-state index in [-0.39, 0.29) is 0 Å². The second-order valence-electron chi connectivity index (χ2n) is 5.54. The van der Waals surface area contributed by atoms with Gasteiger partial charge in [-0.1, -0.05) is 42.6 Å². The van der Waals surface area contributed by atoms with E-state index >= 15 is 0 Å². The Morgan fingerprint density at radius 2 is 1.89 bits per heavy atom. The molecule has 1 aromatic carbocycles. The number of nitrogens with two attached hydrogens (primary N) is 1. The van der Waals surface area contributed by atoms with E-state index in [1.807, 2.05) is 12.1 Å². The maximum absolute atomic E-state index is 6.36. The van der Waals surface area contributed by atoms with Gasteiger partial charge in [-0.2, -0.15) is 0 Å². The summed E-state index contributed by atoms with van der Waals surface area (Å²) >= 11 is 6.36. The molecule has 3 heteroatoms. The predicted octanol–water partition coefficient (Wildman–Crippen LogP) is 3.46. The lowest BCUT2D eigenvalue weighted by atomic mass is 9.77. The number of benzene rings is 1. The number of hydrogen-bond acceptors (Lipinski definition) is 2. The highest BCUT2D eigenvalue weighted by atomic mass is 35.5. The molecule has 0 spiro atoms. The lowest BCUT2D eigenvalue weighted by molar-refractivity contribution is 0.151. The SMILES string of the molecule is CN(C)[C@@H](c1ccccc1Cl)[C@H]1CCCC[C@H]1N. The molecule has 100 valence electrons. The predicted molar refractivity (Wildman–Crippen MR) is 77.8 cm³/mol. The first-order valence-corrected chi connectivity index (χ1v) is 7.15. The Kier molecular flexibility index (Phi) is 4.66. The molecule has 0 unspecified atom stereocenters. The van der Waals surface area contributed by atoms with E-state index in [0.717, 1.165) is 11.4 Å². The van der Waals surface area contributed by atoms with Crippen LogP contribution in [0.2, 0.25) is 5.02 Å². The van der Waals surface area contributed by atoms with Crippen molar-refractivity contribution < 1.29 is 0 Å². The summed E-state index contributed by atoms with van der Waals surface area (Å²) in [5.41, 5.74) is 7.55. The molecular formula is C15H23ClN2. The Morgan fingerprint density at radius 3 is 2.50 bits per heavy atom. The molecule has 1 aliphatic carbocycles. The van der Waals surface area contributed by atoms with Gasteiger partial charge in [-0.05, 0) is 44.5 Å². The fraction of sp³-hybridized carbons (Fsp3) is 0.600. The topological polar surface area (TPSA) is 29.3 Å². The van der Waals surface area contributed by atoms with Crippen molar-refractivity contribution >= 4 is 11.6 Å². The van der Waals surface area contributed by atoms with Crippen LogP contribution in [-0.2, 0) is 0 Å². The monoisotopic (exact) mass is 266 g/mol. The highest BCUT2D eigenvalue weighted by Gasteiger charge is 2.32. The van der Waals surface area contributed by atoms with Crippen LogP contribution in [0.4, 0.5) is 0 Å². The van der Waals surface area contributed by atoms with Crippen LogP contribution in [-0.4, -0.2) is 25.0 Å². The van der Waals surface area contributed by atoms with Crippen LogP contribution < -0.4 is 5.73 Å². The molecule has 2 nitrogen and oxygen atoms in total. The molecule has 0 saturated heterocycles. The van der Waals surface area contributed by atoms with Crippen molar-refractivity contribution in [3.63, 3.8) is 0 Å². The van der Waals surface area contributed by atoms with Gasteiger partial charge < -0.3 is 10.6 Å². The summed E-state index contributed by atoms with van der Waals surface area (Å²) < 4.78 is 0. The molecule has 1 aromatic rings. The Hall–Kier alpha value is -0.570. The lowest BCUT2D eigenvalue weighted by Gasteiger charge is -2.39. The molecule has 2 N–H and O–H groups in total. The molecule has 18 heavy (non-hydrogen) atoms. The summed E-state index contributed by atoms with van der Waals surface area (Å²) in [6.45, 7) is 0. The van der Waals surface area contributed by atoms with Gasteiger partial charge in [0.1, 0.15) is 0 Å². The van der Waals surface area contributed by atoms with Crippen LogP contribution >= 0.6 is 11.6 Å². The Morgan fingerprint density at radius 1 is 1.22 bits per heavy atom. The van der Waals surface area contributed by atoms with Gasteiger partial charge in [0.15, 0.2) is 0 Å². The van der Waals surface area contributed by atoms with E-state index < -0.39 is 0 Å². The van der Waals surface area contributed by atoms with Crippen LogP contribution in [0, 0.1) is 5.92 Å². The standard InChI is InChI=1S/C15H23ClN2/c1-18(2)15(11-7-3-5-9-13(11)16)12-8-4-6-10-14(12)17/h3,5,7,9,12,14-15H,4,6,8,10,17H2,1-2H3/t12-,14+,15-/m0/s1. The van der Waals surface area contributed by atoms with Gasteiger partial charge in [0, 0.05) is 17.1 Å². The Labute approximate surface area is 115 Å². The molecular weight excluding hydrogens is 244 g/mol. The maximum Gasteiger partial charge on any atom is 0.0453 e. The van der Waals surface area contributed by atoms with E-state index in [2.05, 4.69) is 31.1 Å². The van der Waals surface area contributed by atoms with Crippen molar-refractivity contribution in [1.82, 2.24) is 4.90 Å². The van der Waals surface area contributed by atoms with Gasteiger partial charge >= 0.3 is 0 Å². The average molecular weight is 267 g/mol. The van der Waals surface area contributed by atoms with Crippen LogP contribution in [0.3, 0.4) is 0 Å². The maximum atomic E-state index is 6.36. The van der Waals surface area contributed by atoms with E-state index in [1.54, 1.807) is 0 Å². The zero-order valence-electron chi connectivity index (χ0n) is 11.3. The zero-order valence-corrected chi connectivity index (χ0v) is 12.0. The third kappa shape index (κ3) is 2.87. The number of hydrogen-bond donors (Lipinski definition) is 1. The van der Waals surface area contributed by atoms with Crippen LogP contribution in [0.15, 0.2) is 24.3 Å². The van der Waals surface area contributed by atoms with Gasteiger partial charge in [-0.3, -0.25) is 0 Å². The third-order valence-corrected chi connectivity index (χ3v) is 4.40. The van der Waals surface area contributed by atoms with Crippen molar-refractivity contribution in [2.24, 2.45) is 11.7 Å². The fourth-order valence-electron chi connectivity index (χ4n) is 3.19. The number of nitrogens with zero attached hydrogens (tertiary/aromatic N) is 1. The summed E-state index contributed by atoms with van der Waals surface area (Å²) in [7, 11) is 4.24. The molecule has 1 aliphatic rings. The van der Waals surface area contributed by atoms with Gasteiger partial charge in [0.2, 0.25) is 0 Å². The molecule has 0 bridgehead atoms. The molecule has 0 amide bonds. The highest BCUT2D eigenvalue weighted by Crippen LogP contribution is 2.39. The molecule has 2 rings (SSSR count). The van der Waals surface area contributed by atoms with Crippen molar-refractivity contribution in [3.8, 4) is 0 Å². The molecule has 0 radical (unpaired) electrons. The lowest BCUT2D eigenvalue weighted by Crippen LogP contribution is -2.41. The molecule has 0 heterocycles. The normalized spacial score (nSPS) is 26.3. The Balaban J connectivity index is 2.31. The Bertz CT molecular complexity index is 392. The largest absolute Gasteiger partial charge is 0.327 e. The van der Waals surface area contributed by atoms with Crippen LogP contribution in [0.25, 0.3) is 0 Å². The minimum Gasteiger partial charge on any atom is -0.327 e. The quantitative estimate of drug-likeness (QED) is 0.908. The first-order chi connectivity index (χ1) is 8.61. The van der Waals surface area contributed by atoms with Gasteiger partial charge in [-0.25, -0.2) is 0 Å². The smallest absolute Gasteiger partial charge is 0.0453 e. The van der Waals surface area contributed by atoms with E-state index in [0.29, 0.717) is 18.0 Å². The second kappa shape index (κ2) is 6.05. The van der Waals surface area contributed by atoms with Crippen molar-refractivity contribution in [2.45, 2.75) is 37.8 Å². The van der Waals surface area contributed by atoms with Crippen molar-refractivity contribution in [2.75, 3.05) is 14.1 Å². The van der Waals surface area contributed by atoms with Gasteiger partial charge in [-0.15, -0.1) is 0 Å². The molecule has 1 fully saturated rings. The molecule has 1 saturated carbocycles. The fourth-order valence-corrected chi connectivity index (χ4v) is 3.43. The summed E-state index contributed by atoms with van der Waals surface area (Å²) in [6, 6.07) is 8.78. The van der Waals surface area contributed by atoms with Crippen molar-refractivity contribution in [3.05, 3.63) is 34.9 Å². The summed E-state index contributed by atoms with van der Waals surface area (Å²) in [4.78, 5) is 2.26.